The van der Waals surface area contributed by atoms with Crippen LogP contribution in [0.15, 0.2) is 23.1 Å². The highest BCUT2D eigenvalue weighted by molar-refractivity contribution is 9.10. The van der Waals surface area contributed by atoms with Crippen molar-refractivity contribution in [2.45, 2.75) is 36.9 Å². The van der Waals surface area contributed by atoms with Gasteiger partial charge in [0.1, 0.15) is 0 Å². The Morgan fingerprint density at radius 2 is 2.00 bits per heavy atom. The Morgan fingerprint density at radius 3 is 2.58 bits per heavy atom. The minimum Gasteiger partial charge on any atom is -0.301 e. The number of hydrogen-bond acceptors (Lipinski definition) is 5. The van der Waals surface area contributed by atoms with Gasteiger partial charge in [0, 0.05) is 13.1 Å². The number of aromatic nitrogens is 1. The van der Waals surface area contributed by atoms with Crippen molar-refractivity contribution in [3.8, 4) is 0 Å². The molecular formula is C15H20BrN3O3S2. The van der Waals surface area contributed by atoms with Crippen LogP contribution in [0.5, 0.6) is 0 Å². The van der Waals surface area contributed by atoms with E-state index in [1.54, 1.807) is 18.2 Å². The van der Waals surface area contributed by atoms with Crippen molar-refractivity contribution < 1.29 is 13.2 Å². The van der Waals surface area contributed by atoms with E-state index in [9.17, 15) is 13.2 Å². The Kier molecular flexibility index (Phi) is 6.35. The van der Waals surface area contributed by atoms with Gasteiger partial charge in [-0.05, 0) is 24.6 Å². The average Bonchev–Trinajstić information content (AvgIpc) is 2.96. The van der Waals surface area contributed by atoms with Crippen LogP contribution in [0, 0.1) is 0 Å². The molecule has 2 aromatic rings. The van der Waals surface area contributed by atoms with Crippen LogP contribution in [-0.4, -0.2) is 41.5 Å². The summed E-state index contributed by atoms with van der Waals surface area (Å²) in [7, 11) is -3.51. The van der Waals surface area contributed by atoms with E-state index < -0.39 is 10.0 Å². The first-order valence-corrected chi connectivity index (χ1v) is 10.9. The molecule has 9 heteroatoms. The molecule has 132 valence electrons. The Bertz CT molecular complexity index is 832. The van der Waals surface area contributed by atoms with Gasteiger partial charge in [-0.15, -0.1) is 0 Å². The van der Waals surface area contributed by atoms with Gasteiger partial charge in [-0.25, -0.2) is 13.4 Å². The molecule has 1 amide bonds. The van der Waals surface area contributed by atoms with E-state index in [0.717, 1.165) is 4.70 Å². The minimum absolute atomic E-state index is 0.160. The standard InChI is InChI=1S/C15H20BrN3O3S2/c1-4-11(16)14(20)18-15-17-12-8-7-10(9-13(12)23-15)24(21,22)19(5-2)6-3/h7-9,11H,4-6H2,1-3H3,(H,17,18,20). The van der Waals surface area contributed by atoms with Crippen LogP contribution < -0.4 is 5.32 Å². The lowest BCUT2D eigenvalue weighted by Gasteiger charge is -2.18. The summed E-state index contributed by atoms with van der Waals surface area (Å²) in [5.41, 5.74) is 0.663. The summed E-state index contributed by atoms with van der Waals surface area (Å²) in [5, 5.41) is 3.21. The molecule has 0 saturated heterocycles. The minimum atomic E-state index is -3.51. The highest BCUT2D eigenvalue weighted by atomic mass is 79.9. The van der Waals surface area contributed by atoms with Crippen molar-refractivity contribution in [3.05, 3.63) is 18.2 Å². The predicted molar refractivity (Wildman–Crippen MR) is 101 cm³/mol. The van der Waals surface area contributed by atoms with Crippen molar-refractivity contribution in [1.82, 2.24) is 9.29 Å². The fourth-order valence-corrected chi connectivity index (χ4v) is 4.78. The number of benzene rings is 1. The van der Waals surface area contributed by atoms with Gasteiger partial charge in [-0.3, -0.25) is 4.79 Å². The lowest BCUT2D eigenvalue weighted by Crippen LogP contribution is -2.30. The summed E-state index contributed by atoms with van der Waals surface area (Å²) in [6, 6.07) is 4.84. The normalized spacial score (nSPS) is 13.4. The number of rotatable bonds is 7. The zero-order valence-corrected chi connectivity index (χ0v) is 17.0. The number of halogens is 1. The fraction of sp³-hybridized carbons (Fsp3) is 0.467. The average molecular weight is 434 g/mol. The third kappa shape index (κ3) is 3.96. The van der Waals surface area contributed by atoms with Gasteiger partial charge < -0.3 is 5.32 Å². The SMILES string of the molecule is CCC(Br)C(=O)Nc1nc2ccc(S(=O)(=O)N(CC)CC)cc2s1. The molecule has 24 heavy (non-hydrogen) atoms. The summed E-state index contributed by atoms with van der Waals surface area (Å²) in [6.45, 7) is 6.37. The molecule has 1 heterocycles. The maximum absolute atomic E-state index is 12.6. The molecule has 1 atom stereocenters. The molecule has 1 aromatic heterocycles. The summed E-state index contributed by atoms with van der Waals surface area (Å²) in [5.74, 6) is -0.160. The number of thiazole rings is 1. The maximum Gasteiger partial charge on any atom is 0.243 e. The Labute approximate surface area is 154 Å². The maximum atomic E-state index is 12.6. The van der Waals surface area contributed by atoms with Crippen molar-refractivity contribution >= 4 is 58.5 Å². The van der Waals surface area contributed by atoms with Gasteiger partial charge in [-0.2, -0.15) is 4.31 Å². The molecule has 0 aliphatic heterocycles. The number of hydrogen-bond donors (Lipinski definition) is 1. The third-order valence-electron chi connectivity index (χ3n) is 3.58. The van der Waals surface area contributed by atoms with E-state index in [1.807, 2.05) is 20.8 Å². The molecule has 6 nitrogen and oxygen atoms in total. The number of carbonyl (C=O) groups excluding carboxylic acids is 1. The highest BCUT2D eigenvalue weighted by Crippen LogP contribution is 2.29. The van der Waals surface area contributed by atoms with E-state index in [1.165, 1.54) is 15.6 Å². The monoisotopic (exact) mass is 433 g/mol. The number of sulfonamides is 1. The van der Waals surface area contributed by atoms with Gasteiger partial charge in [0.15, 0.2) is 5.13 Å². The first-order chi connectivity index (χ1) is 11.3. The molecule has 0 radical (unpaired) electrons. The molecule has 1 unspecified atom stereocenters. The number of amides is 1. The van der Waals surface area contributed by atoms with E-state index in [-0.39, 0.29) is 15.6 Å². The Hall–Kier alpha value is -1.03. The zero-order valence-electron chi connectivity index (χ0n) is 13.7. The Balaban J connectivity index is 2.34. The summed E-state index contributed by atoms with van der Waals surface area (Å²) in [4.78, 5) is 16.2. The molecule has 0 spiro atoms. The first-order valence-electron chi connectivity index (χ1n) is 7.69. The molecular weight excluding hydrogens is 414 g/mol. The summed E-state index contributed by atoms with van der Waals surface area (Å²) < 4.78 is 27.3. The quantitative estimate of drug-likeness (QED) is 0.678. The second-order valence-corrected chi connectivity index (χ2v) is 9.18. The van der Waals surface area contributed by atoms with Crippen LogP contribution in [0.2, 0.25) is 0 Å². The number of carbonyl (C=O) groups is 1. The number of anilines is 1. The molecule has 0 fully saturated rings. The van der Waals surface area contributed by atoms with Crippen molar-refractivity contribution in [2.24, 2.45) is 0 Å². The predicted octanol–water partition coefficient (Wildman–Crippen LogP) is 3.44. The first kappa shape index (κ1) is 19.3. The zero-order chi connectivity index (χ0) is 17.9. The van der Waals surface area contributed by atoms with Crippen LogP contribution >= 0.6 is 27.3 Å². The van der Waals surface area contributed by atoms with Gasteiger partial charge in [0.25, 0.3) is 0 Å². The van der Waals surface area contributed by atoms with E-state index >= 15 is 0 Å². The van der Waals surface area contributed by atoms with Crippen LogP contribution in [-0.2, 0) is 14.8 Å². The number of alkyl halides is 1. The summed E-state index contributed by atoms with van der Waals surface area (Å²) in [6.07, 6.45) is 0.670. The van der Waals surface area contributed by atoms with Gasteiger partial charge in [-0.1, -0.05) is 48.0 Å². The molecule has 1 N–H and O–H groups in total. The van der Waals surface area contributed by atoms with Crippen LogP contribution in [0.25, 0.3) is 10.2 Å². The smallest absolute Gasteiger partial charge is 0.243 e. The molecule has 1 aromatic carbocycles. The van der Waals surface area contributed by atoms with E-state index in [0.29, 0.717) is 30.2 Å². The molecule has 0 aliphatic rings. The topological polar surface area (TPSA) is 79.4 Å². The second kappa shape index (κ2) is 7.90. The molecule has 0 aliphatic carbocycles. The van der Waals surface area contributed by atoms with Crippen molar-refractivity contribution in [3.63, 3.8) is 0 Å². The van der Waals surface area contributed by atoms with Gasteiger partial charge in [0.05, 0.1) is 19.9 Å². The van der Waals surface area contributed by atoms with E-state index in [4.69, 9.17) is 0 Å². The largest absolute Gasteiger partial charge is 0.301 e. The summed E-state index contributed by atoms with van der Waals surface area (Å²) >= 11 is 4.56. The van der Waals surface area contributed by atoms with Gasteiger partial charge in [0.2, 0.25) is 15.9 Å². The lowest BCUT2D eigenvalue weighted by molar-refractivity contribution is -0.115. The van der Waals surface area contributed by atoms with Crippen LogP contribution in [0.3, 0.4) is 0 Å². The third-order valence-corrected chi connectivity index (χ3v) is 7.62. The molecule has 0 bridgehead atoms. The number of fused-ring (bicyclic) bond motifs is 1. The molecule has 0 saturated carbocycles. The Morgan fingerprint density at radius 1 is 1.33 bits per heavy atom. The van der Waals surface area contributed by atoms with Gasteiger partial charge >= 0.3 is 0 Å². The number of nitrogens with one attached hydrogen (secondary N) is 1. The van der Waals surface area contributed by atoms with E-state index in [2.05, 4.69) is 26.2 Å². The van der Waals surface area contributed by atoms with Crippen LogP contribution in [0.1, 0.15) is 27.2 Å². The fourth-order valence-electron chi connectivity index (χ4n) is 2.20. The van der Waals surface area contributed by atoms with Crippen molar-refractivity contribution in [1.29, 1.82) is 0 Å². The van der Waals surface area contributed by atoms with Crippen LogP contribution in [0.4, 0.5) is 5.13 Å². The highest BCUT2D eigenvalue weighted by Gasteiger charge is 2.22. The second-order valence-electron chi connectivity index (χ2n) is 5.10. The van der Waals surface area contributed by atoms with Crippen molar-refractivity contribution in [2.75, 3.05) is 18.4 Å². The lowest BCUT2D eigenvalue weighted by atomic mass is 10.3. The molecule has 2 rings (SSSR count). The number of nitrogens with zero attached hydrogens (tertiary/aromatic N) is 2.